The molecule has 0 aliphatic carbocycles. The maximum Gasteiger partial charge on any atom is 0.0958 e. The Morgan fingerprint density at radius 3 is 2.30 bits per heavy atom. The van der Waals surface area contributed by atoms with Crippen LogP contribution in [-0.2, 0) is 10.1 Å². The second-order valence-electron chi connectivity index (χ2n) is 2.00. The Labute approximate surface area is 61.2 Å². The van der Waals surface area contributed by atoms with Crippen LogP contribution in [0.15, 0.2) is 0 Å². The Hall–Kier alpha value is -0.530. The van der Waals surface area contributed by atoms with Gasteiger partial charge >= 0.3 is 0 Å². The van der Waals surface area contributed by atoms with Gasteiger partial charge in [-0.15, -0.1) is 12.3 Å². The van der Waals surface area contributed by atoms with Crippen molar-refractivity contribution in [3.63, 3.8) is 0 Å². The SMILES string of the molecule is C#CC(CC)CS(=O)(=O)[O-]. The van der Waals surface area contributed by atoms with E-state index in [0.717, 1.165) is 0 Å². The number of rotatable bonds is 3. The van der Waals surface area contributed by atoms with Gasteiger partial charge in [0.1, 0.15) is 0 Å². The second-order valence-corrected chi connectivity index (χ2v) is 3.44. The van der Waals surface area contributed by atoms with Gasteiger partial charge in [0.05, 0.1) is 15.9 Å². The van der Waals surface area contributed by atoms with Crippen LogP contribution in [0.2, 0.25) is 0 Å². The highest BCUT2D eigenvalue weighted by Crippen LogP contribution is 2.02. The van der Waals surface area contributed by atoms with Crippen LogP contribution >= 0.6 is 0 Å². The van der Waals surface area contributed by atoms with Gasteiger partial charge in [0, 0.05) is 5.92 Å². The Kier molecular flexibility index (Phi) is 3.40. The minimum Gasteiger partial charge on any atom is -0.748 e. The van der Waals surface area contributed by atoms with E-state index >= 15 is 0 Å². The van der Waals surface area contributed by atoms with Gasteiger partial charge in [0.2, 0.25) is 0 Å². The Bertz CT molecular complexity index is 222. The summed E-state index contributed by atoms with van der Waals surface area (Å²) in [5, 5.41) is 0. The van der Waals surface area contributed by atoms with Gasteiger partial charge in [-0.1, -0.05) is 6.92 Å². The Balaban J connectivity index is 4.04. The highest BCUT2D eigenvalue weighted by atomic mass is 32.2. The van der Waals surface area contributed by atoms with Gasteiger partial charge < -0.3 is 4.55 Å². The summed E-state index contributed by atoms with van der Waals surface area (Å²) >= 11 is 0. The van der Waals surface area contributed by atoms with Crippen LogP contribution in [-0.4, -0.2) is 18.7 Å². The van der Waals surface area contributed by atoms with Crippen LogP contribution in [0.4, 0.5) is 0 Å². The fourth-order valence-electron chi connectivity index (χ4n) is 0.530. The summed E-state index contributed by atoms with van der Waals surface area (Å²) in [4.78, 5) is 0. The molecular formula is C6H9O3S-. The lowest BCUT2D eigenvalue weighted by Gasteiger charge is -2.10. The third-order valence-corrected chi connectivity index (χ3v) is 1.94. The molecule has 1 unspecified atom stereocenters. The van der Waals surface area contributed by atoms with Crippen molar-refractivity contribution in [2.75, 3.05) is 5.75 Å². The van der Waals surface area contributed by atoms with E-state index in [0.29, 0.717) is 6.42 Å². The molecule has 0 amide bonds. The molecule has 0 aromatic heterocycles. The first kappa shape index (κ1) is 9.47. The van der Waals surface area contributed by atoms with Crippen molar-refractivity contribution in [1.82, 2.24) is 0 Å². The van der Waals surface area contributed by atoms with Gasteiger partial charge in [0.15, 0.2) is 0 Å². The van der Waals surface area contributed by atoms with Gasteiger partial charge in [0.25, 0.3) is 0 Å². The van der Waals surface area contributed by atoms with Crippen molar-refractivity contribution in [3.05, 3.63) is 0 Å². The minimum absolute atomic E-state index is 0.428. The molecule has 0 aliphatic rings. The van der Waals surface area contributed by atoms with Crippen molar-refractivity contribution in [2.45, 2.75) is 13.3 Å². The van der Waals surface area contributed by atoms with E-state index in [9.17, 15) is 13.0 Å². The molecule has 0 radical (unpaired) electrons. The smallest absolute Gasteiger partial charge is 0.0958 e. The monoisotopic (exact) mass is 161 g/mol. The van der Waals surface area contributed by atoms with Crippen molar-refractivity contribution in [1.29, 1.82) is 0 Å². The quantitative estimate of drug-likeness (QED) is 0.438. The average Bonchev–Trinajstić information content (AvgIpc) is 1.81. The molecule has 4 heteroatoms. The molecule has 0 heterocycles. The summed E-state index contributed by atoms with van der Waals surface area (Å²) in [6.45, 7) is 1.75. The molecule has 1 atom stereocenters. The van der Waals surface area contributed by atoms with E-state index in [1.165, 1.54) is 0 Å². The molecule has 0 saturated heterocycles. The summed E-state index contributed by atoms with van der Waals surface area (Å²) in [5.74, 6) is 1.36. The molecule has 0 N–H and O–H groups in total. The number of terminal acetylenes is 1. The van der Waals surface area contributed by atoms with E-state index in [1.54, 1.807) is 6.92 Å². The molecule has 58 valence electrons. The van der Waals surface area contributed by atoms with Crippen molar-refractivity contribution >= 4 is 10.1 Å². The summed E-state index contributed by atoms with van der Waals surface area (Å²) in [7, 11) is -4.14. The first-order valence-corrected chi connectivity index (χ1v) is 4.47. The van der Waals surface area contributed by atoms with Gasteiger partial charge in [-0.25, -0.2) is 8.42 Å². The number of hydrogen-bond acceptors (Lipinski definition) is 3. The second kappa shape index (κ2) is 3.59. The van der Waals surface area contributed by atoms with Gasteiger partial charge in [-0.3, -0.25) is 0 Å². The topological polar surface area (TPSA) is 57.2 Å². The van der Waals surface area contributed by atoms with Crippen molar-refractivity contribution < 1.29 is 13.0 Å². The Morgan fingerprint density at radius 2 is 2.20 bits per heavy atom. The maximum absolute atomic E-state index is 10.1. The summed E-state index contributed by atoms with van der Waals surface area (Å²) in [6.07, 6.45) is 5.46. The fourth-order valence-corrected chi connectivity index (χ4v) is 1.35. The lowest BCUT2D eigenvalue weighted by molar-refractivity contribution is 0.455. The van der Waals surface area contributed by atoms with Crippen molar-refractivity contribution in [2.24, 2.45) is 5.92 Å². The predicted octanol–water partition coefficient (Wildman–Crippen LogP) is 0.191. The van der Waals surface area contributed by atoms with Crippen LogP contribution < -0.4 is 0 Å². The molecular weight excluding hydrogens is 152 g/mol. The lowest BCUT2D eigenvalue weighted by Crippen LogP contribution is -2.13. The van der Waals surface area contributed by atoms with Crippen LogP contribution in [0.3, 0.4) is 0 Å². The molecule has 0 aliphatic heterocycles. The molecule has 0 rings (SSSR count). The van der Waals surface area contributed by atoms with Gasteiger partial charge in [-0.2, -0.15) is 0 Å². The van der Waals surface area contributed by atoms with Gasteiger partial charge in [-0.05, 0) is 6.42 Å². The Morgan fingerprint density at radius 1 is 1.70 bits per heavy atom. The van der Waals surface area contributed by atoms with Crippen LogP contribution in [0.25, 0.3) is 0 Å². The molecule has 0 aromatic rings. The molecule has 0 fully saturated rings. The normalized spacial score (nSPS) is 14.1. The minimum atomic E-state index is -4.14. The van der Waals surface area contributed by atoms with E-state index in [-0.39, 0.29) is 0 Å². The molecule has 10 heavy (non-hydrogen) atoms. The zero-order chi connectivity index (χ0) is 8.20. The highest BCUT2D eigenvalue weighted by molar-refractivity contribution is 7.85. The van der Waals surface area contributed by atoms with E-state index in [1.807, 2.05) is 0 Å². The highest BCUT2D eigenvalue weighted by Gasteiger charge is 2.05. The van der Waals surface area contributed by atoms with E-state index in [2.05, 4.69) is 5.92 Å². The molecule has 3 nitrogen and oxygen atoms in total. The largest absolute Gasteiger partial charge is 0.748 e. The molecule has 0 bridgehead atoms. The predicted molar refractivity (Wildman–Crippen MR) is 37.2 cm³/mol. The fraction of sp³-hybridized carbons (Fsp3) is 0.667. The standard InChI is InChI=1S/C6H10O3S/c1-3-6(4-2)5-10(7,8)9/h1,6H,4-5H2,2H3,(H,7,8,9)/p-1. The lowest BCUT2D eigenvalue weighted by atomic mass is 10.1. The summed E-state index contributed by atoms with van der Waals surface area (Å²) < 4.78 is 30.3. The third kappa shape index (κ3) is 4.36. The number of hydrogen-bond donors (Lipinski definition) is 0. The van der Waals surface area contributed by atoms with Crippen LogP contribution in [0, 0.1) is 18.3 Å². The first-order chi connectivity index (χ1) is 4.49. The third-order valence-electron chi connectivity index (χ3n) is 1.13. The summed E-state index contributed by atoms with van der Waals surface area (Å²) in [6, 6.07) is 0. The van der Waals surface area contributed by atoms with E-state index < -0.39 is 21.8 Å². The summed E-state index contributed by atoms with van der Waals surface area (Å²) in [5.41, 5.74) is 0. The van der Waals surface area contributed by atoms with Crippen LogP contribution in [0.1, 0.15) is 13.3 Å². The average molecular weight is 161 g/mol. The maximum atomic E-state index is 10.1. The van der Waals surface area contributed by atoms with E-state index in [4.69, 9.17) is 6.42 Å². The first-order valence-electron chi connectivity index (χ1n) is 2.89. The van der Waals surface area contributed by atoms with Crippen molar-refractivity contribution in [3.8, 4) is 12.3 Å². The zero-order valence-corrected chi connectivity index (χ0v) is 6.52. The molecule has 0 saturated carbocycles. The van der Waals surface area contributed by atoms with Crippen LogP contribution in [0.5, 0.6) is 0 Å². The molecule has 0 spiro atoms. The molecule has 0 aromatic carbocycles. The zero-order valence-electron chi connectivity index (χ0n) is 5.70.